The number of esters is 2. The molecule has 4 aromatic carbocycles. The lowest BCUT2D eigenvalue weighted by Gasteiger charge is -2.32. The lowest BCUT2D eigenvalue weighted by Crippen LogP contribution is -2.46. The van der Waals surface area contributed by atoms with Gasteiger partial charge in [0.1, 0.15) is 23.0 Å². The summed E-state index contributed by atoms with van der Waals surface area (Å²) in [5.74, 6) is -2.30. The summed E-state index contributed by atoms with van der Waals surface area (Å²) in [6.07, 6.45) is 0.483. The molecule has 4 aromatic rings. The molecule has 248 valence electrons. The van der Waals surface area contributed by atoms with Gasteiger partial charge in [-0.05, 0) is 72.8 Å². The minimum atomic E-state index is -1.68. The number of halogens is 2. The molecule has 0 aliphatic rings. The summed E-state index contributed by atoms with van der Waals surface area (Å²) in [6.45, 7) is 3.60. The first-order chi connectivity index (χ1) is 22.8. The van der Waals surface area contributed by atoms with Gasteiger partial charge in [-0.2, -0.15) is 0 Å². The second kappa shape index (κ2) is 17.8. The molecule has 0 aromatic heterocycles. The van der Waals surface area contributed by atoms with Crippen LogP contribution in [-0.2, 0) is 19.1 Å². The lowest BCUT2D eigenvalue weighted by molar-refractivity contribution is -0.287. The van der Waals surface area contributed by atoms with E-state index in [4.69, 9.17) is 51.6 Å². The molecule has 11 heteroatoms. The van der Waals surface area contributed by atoms with E-state index in [0.717, 1.165) is 9.79 Å². The minimum absolute atomic E-state index is 0.0167. The van der Waals surface area contributed by atoms with Crippen molar-refractivity contribution in [2.45, 2.75) is 61.3 Å². The van der Waals surface area contributed by atoms with E-state index in [9.17, 15) is 9.59 Å². The van der Waals surface area contributed by atoms with E-state index < -0.39 is 23.9 Å². The Labute approximate surface area is 289 Å². The molecule has 0 heterocycles. The lowest BCUT2D eigenvalue weighted by atomic mass is 10.3. The van der Waals surface area contributed by atoms with Crippen LogP contribution in [-0.4, -0.2) is 35.6 Å². The molecule has 2 atom stereocenters. The molecule has 0 N–H and O–H groups in total. The van der Waals surface area contributed by atoms with Crippen LogP contribution in [0.2, 0.25) is 0 Å². The number of hydrogen-bond donors (Lipinski definition) is 0. The Morgan fingerprint density at radius 3 is 1.15 bits per heavy atom. The van der Waals surface area contributed by atoms with Crippen molar-refractivity contribution >= 4 is 46.9 Å². The van der Waals surface area contributed by atoms with E-state index in [1.54, 1.807) is 62.4 Å². The maximum absolute atomic E-state index is 12.4. The van der Waals surface area contributed by atoms with Gasteiger partial charge in [0.25, 0.3) is 0 Å². The Morgan fingerprint density at radius 2 is 0.851 bits per heavy atom. The standard InChI is InChI=1S/C36H36Cl2O8S/c1-3-35(45-33(39)23-25-37,41-27-11-7-5-8-12-27)43-29-15-19-31(20-16-29)47-32-21-17-30(18-22-32)44-36(4-2,46-34(40)24-26-38)42-28-13-9-6-10-14-28/h5-22H,3-4,23-26H2,1-2H3. The highest BCUT2D eigenvalue weighted by atomic mass is 35.5. The summed E-state index contributed by atoms with van der Waals surface area (Å²) in [4.78, 5) is 26.7. The summed E-state index contributed by atoms with van der Waals surface area (Å²) < 4.78 is 35.7. The highest BCUT2D eigenvalue weighted by Gasteiger charge is 2.39. The van der Waals surface area contributed by atoms with Crippen molar-refractivity contribution < 1.29 is 38.0 Å². The average Bonchev–Trinajstić information content (AvgIpc) is 3.07. The summed E-state index contributed by atoms with van der Waals surface area (Å²) in [5.41, 5.74) is 0. The summed E-state index contributed by atoms with van der Waals surface area (Å²) >= 11 is 13.0. The molecule has 0 aliphatic heterocycles. The van der Waals surface area contributed by atoms with Crippen LogP contribution in [0.25, 0.3) is 0 Å². The maximum Gasteiger partial charge on any atom is 0.418 e. The zero-order valence-electron chi connectivity index (χ0n) is 26.1. The van der Waals surface area contributed by atoms with E-state index in [2.05, 4.69) is 0 Å². The number of rotatable bonds is 18. The summed E-state index contributed by atoms with van der Waals surface area (Å²) in [6, 6.07) is 32.7. The molecule has 4 rings (SSSR count). The number of para-hydroxylation sites is 2. The number of benzene rings is 4. The third kappa shape index (κ3) is 11.0. The van der Waals surface area contributed by atoms with Crippen molar-refractivity contribution in [1.82, 2.24) is 0 Å². The number of ether oxygens (including phenoxy) is 6. The van der Waals surface area contributed by atoms with Crippen LogP contribution in [0.5, 0.6) is 23.0 Å². The minimum Gasteiger partial charge on any atom is -0.421 e. The third-order valence-electron chi connectivity index (χ3n) is 6.46. The first-order valence-electron chi connectivity index (χ1n) is 15.1. The van der Waals surface area contributed by atoms with Crippen LogP contribution in [0.15, 0.2) is 119 Å². The zero-order valence-corrected chi connectivity index (χ0v) is 28.4. The summed E-state index contributed by atoms with van der Waals surface area (Å²) in [5, 5.41) is 0. The van der Waals surface area contributed by atoms with Gasteiger partial charge in [-0.3, -0.25) is 9.59 Å². The Hall–Kier alpha value is -4.05. The third-order valence-corrected chi connectivity index (χ3v) is 7.86. The monoisotopic (exact) mass is 698 g/mol. The molecule has 0 radical (unpaired) electrons. The van der Waals surface area contributed by atoms with Crippen molar-refractivity contribution in [2.24, 2.45) is 0 Å². The molecule has 0 saturated carbocycles. The summed E-state index contributed by atoms with van der Waals surface area (Å²) in [7, 11) is 0. The topological polar surface area (TPSA) is 89.5 Å². The highest BCUT2D eigenvalue weighted by molar-refractivity contribution is 7.99. The van der Waals surface area contributed by atoms with Crippen molar-refractivity contribution in [3.05, 3.63) is 109 Å². The number of carbonyl (C=O) groups is 2. The fourth-order valence-electron chi connectivity index (χ4n) is 4.14. The molecule has 0 amide bonds. The van der Waals surface area contributed by atoms with E-state index >= 15 is 0 Å². The van der Waals surface area contributed by atoms with Gasteiger partial charge in [-0.25, -0.2) is 0 Å². The first-order valence-corrected chi connectivity index (χ1v) is 17.0. The largest absolute Gasteiger partial charge is 0.421 e. The van der Waals surface area contributed by atoms with Crippen molar-refractivity contribution in [1.29, 1.82) is 0 Å². The van der Waals surface area contributed by atoms with E-state index in [1.165, 1.54) is 11.8 Å². The molecular formula is C36H36Cl2O8S. The molecule has 2 unspecified atom stereocenters. The van der Waals surface area contributed by atoms with Gasteiger partial charge in [0, 0.05) is 21.6 Å². The van der Waals surface area contributed by atoms with Crippen molar-refractivity contribution in [3.63, 3.8) is 0 Å². The van der Waals surface area contributed by atoms with E-state index in [-0.39, 0.29) is 37.4 Å². The number of hydrogen-bond acceptors (Lipinski definition) is 9. The van der Waals surface area contributed by atoms with Crippen molar-refractivity contribution in [3.8, 4) is 23.0 Å². The Balaban J connectivity index is 1.45. The van der Waals surface area contributed by atoms with Crippen molar-refractivity contribution in [2.75, 3.05) is 11.8 Å². The van der Waals surface area contributed by atoms with Crippen LogP contribution in [0.3, 0.4) is 0 Å². The maximum atomic E-state index is 12.4. The molecular weight excluding hydrogens is 663 g/mol. The van der Waals surface area contributed by atoms with Gasteiger partial charge in [0.2, 0.25) is 0 Å². The Bertz CT molecular complexity index is 1420. The quantitative estimate of drug-likeness (QED) is 0.0573. The van der Waals surface area contributed by atoms with Gasteiger partial charge in [-0.1, -0.05) is 62.0 Å². The molecule has 0 aliphatic carbocycles. The highest BCUT2D eigenvalue weighted by Crippen LogP contribution is 2.34. The zero-order chi connectivity index (χ0) is 33.5. The number of alkyl halides is 2. The predicted octanol–water partition coefficient (Wildman–Crippen LogP) is 9.23. The van der Waals surface area contributed by atoms with Crippen LogP contribution < -0.4 is 18.9 Å². The van der Waals surface area contributed by atoms with Gasteiger partial charge in [0.15, 0.2) is 0 Å². The van der Waals surface area contributed by atoms with Gasteiger partial charge in [0.05, 0.1) is 25.7 Å². The molecule has 8 nitrogen and oxygen atoms in total. The van der Waals surface area contributed by atoms with Crippen LogP contribution >= 0.6 is 35.0 Å². The predicted molar refractivity (Wildman–Crippen MR) is 181 cm³/mol. The molecule has 0 spiro atoms. The SMILES string of the molecule is CCC(OC(=O)CCCl)(Oc1ccccc1)Oc1ccc(Sc2ccc(OC(CC)(OC(=O)CCCl)Oc3ccccc3)cc2)cc1. The van der Waals surface area contributed by atoms with Gasteiger partial charge >= 0.3 is 23.9 Å². The van der Waals surface area contributed by atoms with Gasteiger partial charge < -0.3 is 28.4 Å². The Morgan fingerprint density at radius 1 is 0.532 bits per heavy atom. The van der Waals surface area contributed by atoms with E-state index in [0.29, 0.717) is 23.0 Å². The van der Waals surface area contributed by atoms with Crippen LogP contribution in [0.1, 0.15) is 39.5 Å². The van der Waals surface area contributed by atoms with Crippen LogP contribution in [0.4, 0.5) is 0 Å². The fraction of sp³-hybridized carbons (Fsp3) is 0.278. The fourth-order valence-corrected chi connectivity index (χ4v) is 5.27. The smallest absolute Gasteiger partial charge is 0.418 e. The van der Waals surface area contributed by atoms with E-state index in [1.807, 2.05) is 60.7 Å². The Kier molecular flexibility index (Phi) is 13.5. The second-order valence-corrected chi connectivity index (χ2v) is 11.9. The number of carbonyl (C=O) groups excluding carboxylic acids is 2. The first kappa shape index (κ1) is 35.8. The normalized spacial score (nSPS) is 13.4. The average molecular weight is 700 g/mol. The molecule has 0 bridgehead atoms. The molecule has 47 heavy (non-hydrogen) atoms. The van der Waals surface area contributed by atoms with Gasteiger partial charge in [-0.15, -0.1) is 23.2 Å². The van der Waals surface area contributed by atoms with Crippen LogP contribution in [0, 0.1) is 0 Å². The molecule has 0 saturated heterocycles. The second-order valence-electron chi connectivity index (χ2n) is 9.98. The molecule has 0 fully saturated rings.